The van der Waals surface area contributed by atoms with Gasteiger partial charge in [0.25, 0.3) is 0 Å². The van der Waals surface area contributed by atoms with Crippen LogP contribution in [0.2, 0.25) is 0 Å². The second kappa shape index (κ2) is 18.3. The number of carbonyl (C=O) groups is 2. The van der Waals surface area contributed by atoms with Gasteiger partial charge in [-0.3, -0.25) is 4.90 Å². The molecule has 52 heavy (non-hydrogen) atoms. The highest BCUT2D eigenvalue weighted by atomic mass is 19.1. The van der Waals surface area contributed by atoms with Gasteiger partial charge in [-0.15, -0.1) is 0 Å². The molecule has 3 saturated heterocycles. The summed E-state index contributed by atoms with van der Waals surface area (Å²) in [6.45, 7) is 28.3. The Labute approximate surface area is 309 Å². The fourth-order valence-electron chi connectivity index (χ4n) is 6.73. The molecule has 3 aliphatic rings. The SMILES string of the molecule is C[C@@H]1CN(c2ccnc(F)c2)C[C@@H](C)N1.C[C@@H]1CN(c2ccnc(F)c2)C[C@@H](C)N1C(=O)OC(C)(C)C.C[C@@H]1CNC[C@@H](C)N1C(=O)OC(C)(C)C. The Kier molecular flexibility index (Phi) is 15.0. The summed E-state index contributed by atoms with van der Waals surface area (Å²) in [6, 6.07) is 7.78. The topological polar surface area (TPSA) is 115 Å². The Morgan fingerprint density at radius 1 is 0.654 bits per heavy atom. The number of hydrogen-bond acceptors (Lipinski definition) is 10. The Hall–Kier alpha value is -3.78. The fraction of sp³-hybridized carbons (Fsp3) is 0.684. The van der Waals surface area contributed by atoms with Gasteiger partial charge in [-0.2, -0.15) is 8.78 Å². The maximum absolute atomic E-state index is 13.3. The molecule has 0 radical (unpaired) electrons. The summed E-state index contributed by atoms with van der Waals surface area (Å²) < 4.78 is 37.1. The van der Waals surface area contributed by atoms with Crippen molar-refractivity contribution in [1.29, 1.82) is 0 Å². The first-order valence-corrected chi connectivity index (χ1v) is 18.4. The molecule has 0 bridgehead atoms. The maximum atomic E-state index is 13.3. The predicted octanol–water partition coefficient (Wildman–Crippen LogP) is 6.07. The van der Waals surface area contributed by atoms with Crippen molar-refractivity contribution < 1.29 is 27.8 Å². The predicted molar refractivity (Wildman–Crippen MR) is 202 cm³/mol. The van der Waals surface area contributed by atoms with Crippen molar-refractivity contribution in [2.45, 2.75) is 131 Å². The van der Waals surface area contributed by atoms with E-state index in [4.69, 9.17) is 9.47 Å². The summed E-state index contributed by atoms with van der Waals surface area (Å²) >= 11 is 0. The van der Waals surface area contributed by atoms with Crippen LogP contribution in [0.4, 0.5) is 29.7 Å². The highest BCUT2D eigenvalue weighted by molar-refractivity contribution is 5.70. The van der Waals surface area contributed by atoms with Gasteiger partial charge in [-0.05, 0) is 95.2 Å². The van der Waals surface area contributed by atoms with Crippen LogP contribution in [0.5, 0.6) is 0 Å². The lowest BCUT2D eigenvalue weighted by Crippen LogP contribution is -2.59. The van der Waals surface area contributed by atoms with Crippen molar-refractivity contribution in [1.82, 2.24) is 30.4 Å². The number of halogens is 2. The van der Waals surface area contributed by atoms with Gasteiger partial charge in [0.1, 0.15) is 11.2 Å². The van der Waals surface area contributed by atoms with Crippen molar-refractivity contribution in [3.8, 4) is 0 Å². The van der Waals surface area contributed by atoms with Crippen LogP contribution in [0, 0.1) is 11.9 Å². The van der Waals surface area contributed by atoms with E-state index in [2.05, 4.69) is 44.2 Å². The average Bonchev–Trinajstić information content (AvgIpc) is 2.99. The molecule has 2 N–H and O–H groups in total. The molecule has 12 nitrogen and oxygen atoms in total. The molecule has 2 aromatic rings. The lowest BCUT2D eigenvalue weighted by atomic mass is 10.1. The second-order valence-electron chi connectivity index (χ2n) is 16.3. The highest BCUT2D eigenvalue weighted by Gasteiger charge is 2.36. The zero-order chi connectivity index (χ0) is 39.0. The summed E-state index contributed by atoms with van der Waals surface area (Å²) in [5.74, 6) is -0.904. The molecule has 5 heterocycles. The van der Waals surface area contributed by atoms with Crippen molar-refractivity contribution in [2.24, 2.45) is 0 Å². The molecule has 0 aromatic carbocycles. The Morgan fingerprint density at radius 3 is 1.38 bits per heavy atom. The minimum absolute atomic E-state index is 0.0187. The molecule has 6 atom stereocenters. The van der Waals surface area contributed by atoms with Gasteiger partial charge in [-0.25, -0.2) is 19.6 Å². The number of pyridine rings is 2. The van der Waals surface area contributed by atoms with Gasteiger partial charge >= 0.3 is 12.2 Å². The van der Waals surface area contributed by atoms with Gasteiger partial charge in [0, 0.05) is 99.3 Å². The molecule has 0 saturated carbocycles. The first-order chi connectivity index (χ1) is 24.1. The van der Waals surface area contributed by atoms with E-state index in [1.54, 1.807) is 11.0 Å². The van der Waals surface area contributed by atoms with E-state index < -0.39 is 23.1 Å². The molecule has 0 unspecified atom stereocenters. The number of ether oxygens (including phenoxy) is 2. The van der Waals surface area contributed by atoms with E-state index in [-0.39, 0.29) is 36.4 Å². The third kappa shape index (κ3) is 13.3. The number of hydrogen-bond donors (Lipinski definition) is 2. The Balaban J connectivity index is 0.000000217. The Morgan fingerprint density at radius 2 is 1.02 bits per heavy atom. The third-order valence-corrected chi connectivity index (χ3v) is 8.66. The molecular weight excluding hydrogens is 670 g/mol. The molecular formula is C38H62F2N8O4. The summed E-state index contributed by atoms with van der Waals surface area (Å²) in [5, 5.41) is 6.73. The van der Waals surface area contributed by atoms with E-state index in [1.165, 1.54) is 24.5 Å². The van der Waals surface area contributed by atoms with E-state index in [9.17, 15) is 18.4 Å². The van der Waals surface area contributed by atoms with Crippen LogP contribution in [0.1, 0.15) is 83.1 Å². The first-order valence-electron chi connectivity index (χ1n) is 18.4. The largest absolute Gasteiger partial charge is 0.444 e. The van der Waals surface area contributed by atoms with E-state index in [0.29, 0.717) is 25.2 Å². The Bertz CT molecular complexity index is 1420. The van der Waals surface area contributed by atoms with Crippen LogP contribution in [0.3, 0.4) is 0 Å². The molecule has 0 aliphatic carbocycles. The zero-order valence-electron chi connectivity index (χ0n) is 33.2. The van der Waals surface area contributed by atoms with Crippen LogP contribution in [0.15, 0.2) is 36.7 Å². The molecule has 3 aliphatic heterocycles. The minimum atomic E-state index is -0.512. The molecule has 5 rings (SSSR count). The van der Waals surface area contributed by atoms with Crippen LogP contribution in [0.25, 0.3) is 0 Å². The number of rotatable bonds is 2. The second-order valence-corrected chi connectivity index (χ2v) is 16.3. The molecule has 14 heteroatoms. The summed E-state index contributed by atoms with van der Waals surface area (Å²) in [7, 11) is 0. The number of amides is 2. The number of carbonyl (C=O) groups excluding carboxylic acids is 2. The van der Waals surface area contributed by atoms with E-state index in [0.717, 1.165) is 37.6 Å². The van der Waals surface area contributed by atoms with Crippen LogP contribution in [-0.2, 0) is 9.47 Å². The quantitative estimate of drug-likeness (QED) is 0.353. The standard InChI is InChI=1S/C16H24FN3O2.C11H16FN3.C11H22N2O2/c1-11-9-19(13-6-7-18-14(17)8-13)10-12(2)20(11)15(21)22-16(3,4)5;1-8-6-15(7-9(2)14-8)10-3-4-13-11(12)5-10;1-8-6-12-7-9(2)13(8)10(14)15-11(3,4)5/h6-8,11-12H,9-10H2,1-5H3;3-5,8-9,14H,6-7H2,1-2H3;8-9,12H,6-7H2,1-5H3/t11-,12-;2*8-,9-/m111/s1. The molecule has 3 fully saturated rings. The van der Waals surface area contributed by atoms with Crippen molar-refractivity contribution in [2.75, 3.05) is 49.1 Å². The maximum Gasteiger partial charge on any atom is 0.410 e. The molecule has 292 valence electrons. The smallest absolute Gasteiger partial charge is 0.410 e. The number of nitrogens with one attached hydrogen (secondary N) is 2. The highest BCUT2D eigenvalue weighted by Crippen LogP contribution is 2.25. The zero-order valence-corrected chi connectivity index (χ0v) is 33.2. The fourth-order valence-corrected chi connectivity index (χ4v) is 6.73. The van der Waals surface area contributed by atoms with Crippen LogP contribution in [-0.4, -0.2) is 119 Å². The average molecular weight is 733 g/mol. The van der Waals surface area contributed by atoms with E-state index in [1.807, 2.05) is 80.2 Å². The third-order valence-electron chi connectivity index (χ3n) is 8.66. The van der Waals surface area contributed by atoms with Gasteiger partial charge in [0.2, 0.25) is 11.9 Å². The monoisotopic (exact) mass is 732 g/mol. The number of nitrogens with zero attached hydrogens (tertiary/aromatic N) is 6. The van der Waals surface area contributed by atoms with Gasteiger partial charge in [-0.1, -0.05) is 0 Å². The lowest BCUT2D eigenvalue weighted by Gasteiger charge is -2.45. The van der Waals surface area contributed by atoms with Gasteiger partial charge in [0.05, 0.1) is 12.1 Å². The minimum Gasteiger partial charge on any atom is -0.444 e. The van der Waals surface area contributed by atoms with Gasteiger partial charge in [0.15, 0.2) is 0 Å². The number of aromatic nitrogens is 2. The summed E-state index contributed by atoms with van der Waals surface area (Å²) in [5.41, 5.74) is 0.779. The molecule has 2 amide bonds. The van der Waals surface area contributed by atoms with Gasteiger partial charge < -0.3 is 34.8 Å². The van der Waals surface area contributed by atoms with Crippen molar-refractivity contribution in [3.05, 3.63) is 48.6 Å². The van der Waals surface area contributed by atoms with Crippen molar-refractivity contribution >= 4 is 23.6 Å². The summed E-state index contributed by atoms with van der Waals surface area (Å²) in [4.78, 5) is 39.2. The normalized spacial score (nSPS) is 25.3. The molecule has 0 spiro atoms. The molecule has 2 aromatic heterocycles. The first kappa shape index (κ1) is 42.6. The van der Waals surface area contributed by atoms with Crippen molar-refractivity contribution in [3.63, 3.8) is 0 Å². The number of piperazine rings is 3. The summed E-state index contributed by atoms with van der Waals surface area (Å²) in [6.07, 6.45) is 2.47. The number of anilines is 2. The van der Waals surface area contributed by atoms with Crippen LogP contribution >= 0.6 is 0 Å². The van der Waals surface area contributed by atoms with Crippen LogP contribution < -0.4 is 20.4 Å². The van der Waals surface area contributed by atoms with E-state index >= 15 is 0 Å². The lowest BCUT2D eigenvalue weighted by molar-refractivity contribution is 0.00260.